The second-order valence-electron chi connectivity index (χ2n) is 13.8. The molecular weight excluding hydrogens is 652 g/mol. The van der Waals surface area contributed by atoms with E-state index in [1.54, 1.807) is 45.5 Å². The molecule has 6 aromatic rings. The van der Waals surface area contributed by atoms with Gasteiger partial charge in [-0.1, -0.05) is 88.4 Å². The van der Waals surface area contributed by atoms with Crippen molar-refractivity contribution in [2.45, 2.75) is 53.9 Å². The fraction of sp³-hybridized carbons (Fsp3) is 0.238. The van der Waals surface area contributed by atoms with Crippen molar-refractivity contribution in [3.8, 4) is 22.3 Å². The van der Waals surface area contributed by atoms with Gasteiger partial charge in [-0.25, -0.2) is 0 Å². The molecule has 2 aromatic heterocycles. The smallest absolute Gasteiger partial charge is 0.269 e. The first-order valence-corrected chi connectivity index (χ1v) is 17.5. The van der Waals surface area contributed by atoms with Gasteiger partial charge in [-0.2, -0.15) is 0 Å². The molecule has 6 N–H and O–H groups in total. The zero-order valence-corrected chi connectivity index (χ0v) is 29.9. The van der Waals surface area contributed by atoms with Gasteiger partial charge >= 0.3 is 0 Å². The number of carbonyl (C=O) groups excluding carboxylic acids is 2. The lowest BCUT2D eigenvalue weighted by Gasteiger charge is -2.21. The molecule has 0 unspecified atom stereocenters. The number of nitrogens with zero attached hydrogens (tertiary/aromatic N) is 2. The Hall–Kier alpha value is -5.84. The van der Waals surface area contributed by atoms with Crippen LogP contribution in [0.25, 0.3) is 43.8 Å². The van der Waals surface area contributed by atoms with E-state index < -0.39 is 11.8 Å². The predicted molar refractivity (Wildman–Crippen MR) is 208 cm³/mol. The number of aromatic nitrogens is 2. The van der Waals surface area contributed by atoms with Crippen LogP contribution in [0.5, 0.6) is 0 Å². The summed E-state index contributed by atoms with van der Waals surface area (Å²) in [7, 11) is 0. The van der Waals surface area contributed by atoms with Crippen LogP contribution in [0.3, 0.4) is 0 Å². The molecule has 0 spiro atoms. The summed E-state index contributed by atoms with van der Waals surface area (Å²) in [5.74, 6) is -0.724. The molecule has 4 aromatic carbocycles. The Morgan fingerprint density at radius 2 is 0.923 bits per heavy atom. The summed E-state index contributed by atoms with van der Waals surface area (Å²) in [4.78, 5) is 54.5. The average Bonchev–Trinajstić information content (AvgIpc) is 3.15. The topological polar surface area (TPSA) is 154 Å². The fourth-order valence-corrected chi connectivity index (χ4v) is 6.93. The van der Waals surface area contributed by atoms with Gasteiger partial charge in [0, 0.05) is 70.6 Å². The second-order valence-corrected chi connectivity index (χ2v) is 13.8. The third-order valence-electron chi connectivity index (χ3n) is 9.18. The van der Waals surface area contributed by atoms with Crippen LogP contribution < -0.4 is 33.4 Å². The number of pyridine rings is 2. The van der Waals surface area contributed by atoms with Crippen molar-refractivity contribution in [1.82, 2.24) is 20.0 Å². The van der Waals surface area contributed by atoms with Crippen LogP contribution in [0, 0.1) is 11.8 Å². The number of benzene rings is 4. The molecule has 2 amide bonds. The van der Waals surface area contributed by atoms with E-state index in [1.165, 1.54) is 0 Å². The second kappa shape index (κ2) is 15.2. The van der Waals surface area contributed by atoms with E-state index in [4.69, 9.17) is 11.5 Å². The first kappa shape index (κ1) is 36.0. The van der Waals surface area contributed by atoms with Gasteiger partial charge in [0.25, 0.3) is 22.9 Å². The van der Waals surface area contributed by atoms with Crippen LogP contribution in [0.15, 0.2) is 107 Å². The lowest BCUT2D eigenvalue weighted by atomic mass is 9.94. The average molecular weight is 697 g/mol. The first-order chi connectivity index (χ1) is 25.0. The molecule has 0 saturated carbocycles. The molecule has 10 heteroatoms. The Kier molecular flexibility index (Phi) is 10.5. The molecule has 0 aliphatic carbocycles. The van der Waals surface area contributed by atoms with Crippen molar-refractivity contribution in [2.75, 3.05) is 0 Å². The number of rotatable bonds is 10. The summed E-state index contributed by atoms with van der Waals surface area (Å²) in [6.45, 7) is 9.43. The van der Waals surface area contributed by atoms with Crippen LogP contribution in [-0.2, 0) is 26.2 Å². The minimum atomic E-state index is -0.567. The molecule has 10 nitrogen and oxygen atoms in total. The van der Waals surface area contributed by atoms with Gasteiger partial charge < -0.3 is 20.6 Å². The summed E-state index contributed by atoms with van der Waals surface area (Å²) < 4.78 is 3.47. The van der Waals surface area contributed by atoms with Crippen LogP contribution in [0.4, 0.5) is 0 Å². The van der Waals surface area contributed by atoms with Crippen molar-refractivity contribution in [1.29, 1.82) is 0 Å². The van der Waals surface area contributed by atoms with Gasteiger partial charge in [0.1, 0.15) is 0 Å². The molecular formula is C42H44N6O4. The number of amides is 2. The van der Waals surface area contributed by atoms with Gasteiger partial charge in [-0.15, -0.1) is 0 Å². The van der Waals surface area contributed by atoms with Crippen LogP contribution in [0.1, 0.15) is 59.8 Å². The Morgan fingerprint density at radius 3 is 1.25 bits per heavy atom. The Morgan fingerprint density at radius 1 is 0.558 bits per heavy atom. The summed E-state index contributed by atoms with van der Waals surface area (Å²) in [6.07, 6.45) is 0. The number of hydrazine groups is 1. The zero-order valence-electron chi connectivity index (χ0n) is 29.9. The maximum absolute atomic E-state index is 13.7. The van der Waals surface area contributed by atoms with Gasteiger partial charge in [-0.3, -0.25) is 30.0 Å². The van der Waals surface area contributed by atoms with Crippen molar-refractivity contribution >= 4 is 33.4 Å². The SMILES string of the molecule is CC(C)Cn1c(CN)c(-c2ccccc2)c2cc(C(=O)NNC(=O)c3ccc4c(=O)n(CC(C)C)c(CN)c(-c5ccccc5)c4c3)ccc2c1=O. The number of nitrogens with one attached hydrogen (secondary N) is 2. The summed E-state index contributed by atoms with van der Waals surface area (Å²) >= 11 is 0. The quantitative estimate of drug-likeness (QED) is 0.130. The van der Waals surface area contributed by atoms with Crippen molar-refractivity contribution in [3.63, 3.8) is 0 Å². The molecule has 52 heavy (non-hydrogen) atoms. The van der Waals surface area contributed by atoms with E-state index in [9.17, 15) is 19.2 Å². The highest BCUT2D eigenvalue weighted by Gasteiger charge is 2.22. The standard InChI is InChI=1S/C42H44N6O4/c1-25(2)23-47-35(21-43)37(27-11-7-5-8-12-27)33-19-29(15-17-31(33)41(47)51)39(49)45-46-40(50)30-16-18-32-34(20-30)38(28-13-9-6-10-14-28)36(22-44)48(42(32)52)24-26(3)4/h5-20,25-26H,21-24,43-44H2,1-4H3,(H,45,49)(H,46,50). The lowest BCUT2D eigenvalue weighted by Crippen LogP contribution is -2.41. The third kappa shape index (κ3) is 6.90. The number of carbonyl (C=O) groups is 2. The van der Waals surface area contributed by atoms with Gasteiger partial charge in [0.15, 0.2) is 0 Å². The normalized spacial score (nSPS) is 11.5. The van der Waals surface area contributed by atoms with Crippen molar-refractivity contribution < 1.29 is 9.59 Å². The summed E-state index contributed by atoms with van der Waals surface area (Å²) in [5.41, 5.74) is 22.4. The van der Waals surface area contributed by atoms with Gasteiger partial charge in [0.2, 0.25) is 0 Å². The molecule has 0 radical (unpaired) electrons. The highest BCUT2D eigenvalue weighted by Crippen LogP contribution is 2.33. The zero-order chi connectivity index (χ0) is 37.1. The minimum Gasteiger partial charge on any atom is -0.325 e. The Bertz CT molecular complexity index is 2240. The lowest BCUT2D eigenvalue weighted by molar-refractivity contribution is 0.0847. The van der Waals surface area contributed by atoms with E-state index in [0.717, 1.165) is 22.3 Å². The third-order valence-corrected chi connectivity index (χ3v) is 9.18. The van der Waals surface area contributed by atoms with E-state index >= 15 is 0 Å². The largest absolute Gasteiger partial charge is 0.325 e. The number of hydrogen-bond acceptors (Lipinski definition) is 6. The Labute approximate surface area is 302 Å². The number of fused-ring (bicyclic) bond motifs is 2. The van der Waals surface area contributed by atoms with Crippen molar-refractivity contribution in [2.24, 2.45) is 23.3 Å². The minimum absolute atomic E-state index is 0.130. The van der Waals surface area contributed by atoms with Crippen molar-refractivity contribution in [3.05, 3.63) is 140 Å². The molecule has 0 saturated heterocycles. The molecule has 0 bridgehead atoms. The summed E-state index contributed by atoms with van der Waals surface area (Å²) in [6, 6.07) is 29.1. The van der Waals surface area contributed by atoms with E-state index in [2.05, 4.69) is 10.9 Å². The van der Waals surface area contributed by atoms with E-state index in [0.29, 0.717) is 46.0 Å². The molecule has 0 aliphatic heterocycles. The molecule has 0 aliphatic rings. The highest BCUT2D eigenvalue weighted by atomic mass is 16.2. The maximum Gasteiger partial charge on any atom is 0.269 e. The fourth-order valence-electron chi connectivity index (χ4n) is 6.93. The van der Waals surface area contributed by atoms with Gasteiger partial charge in [-0.05, 0) is 70.1 Å². The first-order valence-electron chi connectivity index (χ1n) is 17.5. The van der Waals surface area contributed by atoms with Crippen LogP contribution in [0.2, 0.25) is 0 Å². The molecule has 2 heterocycles. The number of nitrogens with two attached hydrogens (primary N) is 2. The molecule has 0 fully saturated rings. The molecule has 266 valence electrons. The van der Waals surface area contributed by atoms with Gasteiger partial charge in [0.05, 0.1) is 0 Å². The predicted octanol–water partition coefficient (Wildman–Crippen LogP) is 5.95. The summed E-state index contributed by atoms with van der Waals surface area (Å²) in [5, 5.41) is 2.12. The number of hydrogen-bond donors (Lipinski definition) is 4. The van der Waals surface area contributed by atoms with E-state index in [-0.39, 0.29) is 47.2 Å². The molecule has 6 rings (SSSR count). The van der Waals surface area contributed by atoms with E-state index in [1.807, 2.05) is 88.4 Å². The maximum atomic E-state index is 13.7. The van der Waals surface area contributed by atoms with Crippen LogP contribution >= 0.6 is 0 Å². The highest BCUT2D eigenvalue weighted by molar-refractivity contribution is 6.06. The Balaban J connectivity index is 1.36. The monoisotopic (exact) mass is 696 g/mol. The molecule has 0 atom stereocenters. The van der Waals surface area contributed by atoms with Crippen LogP contribution in [-0.4, -0.2) is 20.9 Å².